The van der Waals surface area contributed by atoms with Crippen molar-refractivity contribution in [3.05, 3.63) is 12.4 Å². The number of aromatic nitrogens is 2. The van der Waals surface area contributed by atoms with Gasteiger partial charge in [-0.1, -0.05) is 0 Å². The maximum Gasteiger partial charge on any atom is 0.239 e. The molecule has 17 heavy (non-hydrogen) atoms. The average molecular weight is 237 g/mol. The van der Waals surface area contributed by atoms with Gasteiger partial charge >= 0.3 is 0 Å². The summed E-state index contributed by atoms with van der Waals surface area (Å²) < 4.78 is 1.77. The predicted octanol–water partition coefficient (Wildman–Crippen LogP) is 0.0149. The molecule has 1 aromatic rings. The van der Waals surface area contributed by atoms with Gasteiger partial charge in [-0.25, -0.2) is 5.84 Å². The molecule has 0 radical (unpaired) electrons. The molecule has 6 nitrogen and oxygen atoms in total. The predicted molar refractivity (Wildman–Crippen MR) is 65.1 cm³/mol. The van der Waals surface area contributed by atoms with E-state index in [4.69, 9.17) is 5.84 Å². The Hall–Kier alpha value is -1.56. The molecule has 0 unspecified atom stereocenters. The Bertz CT molecular complexity index is 402. The largest absolute Gasteiger partial charge is 0.365 e. The highest BCUT2D eigenvalue weighted by molar-refractivity contribution is 5.79. The van der Waals surface area contributed by atoms with Gasteiger partial charge in [0, 0.05) is 25.8 Å². The fourth-order valence-electron chi connectivity index (χ4n) is 2.52. The summed E-state index contributed by atoms with van der Waals surface area (Å²) in [4.78, 5) is 13.9. The van der Waals surface area contributed by atoms with Crippen molar-refractivity contribution in [3.63, 3.8) is 0 Å². The van der Waals surface area contributed by atoms with E-state index in [1.165, 1.54) is 0 Å². The van der Waals surface area contributed by atoms with Crippen LogP contribution in [-0.2, 0) is 11.8 Å². The minimum absolute atomic E-state index is 0.0473. The van der Waals surface area contributed by atoms with Crippen molar-refractivity contribution in [1.29, 1.82) is 0 Å². The van der Waals surface area contributed by atoms with Gasteiger partial charge in [-0.05, 0) is 19.8 Å². The zero-order valence-corrected chi connectivity index (χ0v) is 10.3. The summed E-state index contributed by atoms with van der Waals surface area (Å²) in [6.07, 6.45) is 5.69. The second-order valence-electron chi connectivity index (χ2n) is 4.56. The minimum atomic E-state index is -0.0777. The second-order valence-corrected chi connectivity index (χ2v) is 4.56. The smallest absolute Gasteiger partial charge is 0.239 e. The lowest BCUT2D eigenvalue weighted by atomic mass is 9.89. The number of nitrogens with two attached hydrogens (primary N) is 1. The van der Waals surface area contributed by atoms with Gasteiger partial charge in [0.15, 0.2) is 0 Å². The van der Waals surface area contributed by atoms with E-state index in [2.05, 4.69) is 22.3 Å². The van der Waals surface area contributed by atoms with Crippen LogP contribution in [0, 0.1) is 5.92 Å². The third-order valence-electron chi connectivity index (χ3n) is 3.49. The maximum atomic E-state index is 11.7. The van der Waals surface area contributed by atoms with Crippen LogP contribution in [0.4, 0.5) is 5.69 Å². The quantitative estimate of drug-likeness (QED) is 0.432. The molecule has 1 saturated heterocycles. The maximum absolute atomic E-state index is 11.7. The number of anilines is 1. The van der Waals surface area contributed by atoms with E-state index < -0.39 is 0 Å². The molecule has 3 N–H and O–H groups in total. The number of aryl methyl sites for hydroxylation is 1. The van der Waals surface area contributed by atoms with Gasteiger partial charge in [0.05, 0.1) is 17.8 Å². The number of nitrogens with one attached hydrogen (secondary N) is 1. The van der Waals surface area contributed by atoms with E-state index in [1.54, 1.807) is 4.68 Å². The van der Waals surface area contributed by atoms with Crippen LogP contribution in [0.25, 0.3) is 0 Å². The number of hydrazine groups is 1. The summed E-state index contributed by atoms with van der Waals surface area (Å²) in [5.74, 6) is 5.09. The number of hydrogen-bond donors (Lipinski definition) is 2. The number of amides is 1. The molecule has 0 saturated carbocycles. The molecule has 1 fully saturated rings. The minimum Gasteiger partial charge on any atom is -0.365 e. The lowest BCUT2D eigenvalue weighted by Gasteiger charge is -2.39. The molecular formula is C11H19N5O. The summed E-state index contributed by atoms with van der Waals surface area (Å²) in [7, 11) is 1.89. The average Bonchev–Trinajstić information content (AvgIpc) is 2.75. The summed E-state index contributed by atoms with van der Waals surface area (Å²) in [6.45, 7) is 3.02. The van der Waals surface area contributed by atoms with Crippen molar-refractivity contribution < 1.29 is 4.79 Å². The molecule has 0 aliphatic carbocycles. The van der Waals surface area contributed by atoms with Crippen molar-refractivity contribution in [3.8, 4) is 0 Å². The number of rotatable bonds is 2. The van der Waals surface area contributed by atoms with Crippen LogP contribution in [0.2, 0.25) is 0 Å². The molecule has 1 amide bonds. The highest BCUT2D eigenvalue weighted by atomic mass is 16.2. The molecule has 2 atom stereocenters. The zero-order chi connectivity index (χ0) is 12.4. The van der Waals surface area contributed by atoms with Crippen LogP contribution >= 0.6 is 0 Å². The van der Waals surface area contributed by atoms with Gasteiger partial charge in [0.25, 0.3) is 0 Å². The van der Waals surface area contributed by atoms with Crippen LogP contribution in [0.3, 0.4) is 0 Å². The van der Waals surface area contributed by atoms with Crippen molar-refractivity contribution in [2.45, 2.75) is 25.8 Å². The highest BCUT2D eigenvalue weighted by Gasteiger charge is 2.33. The van der Waals surface area contributed by atoms with Crippen LogP contribution in [0.5, 0.6) is 0 Å². The van der Waals surface area contributed by atoms with Gasteiger partial charge in [-0.2, -0.15) is 5.10 Å². The van der Waals surface area contributed by atoms with E-state index in [1.807, 2.05) is 19.4 Å². The Labute approximate surface area is 101 Å². The number of carbonyl (C=O) groups is 1. The van der Waals surface area contributed by atoms with Crippen LogP contribution in [0.1, 0.15) is 19.8 Å². The number of piperidine rings is 1. The molecule has 6 heteroatoms. The van der Waals surface area contributed by atoms with E-state index in [-0.39, 0.29) is 17.9 Å². The Morgan fingerprint density at radius 2 is 2.41 bits per heavy atom. The molecule has 1 aliphatic rings. The highest BCUT2D eigenvalue weighted by Crippen LogP contribution is 2.28. The molecule has 94 valence electrons. The molecule has 0 spiro atoms. The van der Waals surface area contributed by atoms with E-state index in [9.17, 15) is 4.79 Å². The third kappa shape index (κ3) is 2.26. The normalized spacial score (nSPS) is 24.8. The van der Waals surface area contributed by atoms with Crippen molar-refractivity contribution in [2.24, 2.45) is 18.8 Å². The Morgan fingerprint density at radius 1 is 1.65 bits per heavy atom. The fraction of sp³-hybridized carbons (Fsp3) is 0.636. The van der Waals surface area contributed by atoms with Crippen molar-refractivity contribution >= 4 is 11.6 Å². The summed E-state index contributed by atoms with van der Waals surface area (Å²) in [5, 5.41) is 4.17. The van der Waals surface area contributed by atoms with Gasteiger partial charge in [0.1, 0.15) is 0 Å². The van der Waals surface area contributed by atoms with Gasteiger partial charge < -0.3 is 4.90 Å². The van der Waals surface area contributed by atoms with Crippen molar-refractivity contribution in [2.75, 3.05) is 11.4 Å². The summed E-state index contributed by atoms with van der Waals surface area (Å²) in [5.41, 5.74) is 3.32. The Morgan fingerprint density at radius 3 is 3.00 bits per heavy atom. The number of nitrogens with zero attached hydrogens (tertiary/aromatic N) is 3. The van der Waals surface area contributed by atoms with Crippen LogP contribution in [-0.4, -0.2) is 28.3 Å². The van der Waals surface area contributed by atoms with E-state index >= 15 is 0 Å². The first kappa shape index (κ1) is 11.9. The number of hydrogen-bond acceptors (Lipinski definition) is 4. The number of carbonyl (C=O) groups excluding carboxylic acids is 1. The second kappa shape index (κ2) is 4.75. The van der Waals surface area contributed by atoms with Gasteiger partial charge in [-0.15, -0.1) is 0 Å². The first-order chi connectivity index (χ1) is 8.13. The Kier molecular flexibility index (Phi) is 3.33. The monoisotopic (exact) mass is 237 g/mol. The first-order valence-corrected chi connectivity index (χ1v) is 5.89. The summed E-state index contributed by atoms with van der Waals surface area (Å²) >= 11 is 0. The molecule has 2 heterocycles. The molecule has 0 bridgehead atoms. The standard InChI is InChI=1S/C11H19N5O/c1-8-10(11(17)14-12)4-3-5-16(8)9-6-13-15(2)7-9/h6-8,10H,3-5,12H2,1-2H3,(H,14,17)/t8-,10-/m1/s1. The first-order valence-electron chi connectivity index (χ1n) is 5.89. The topological polar surface area (TPSA) is 76.2 Å². The van der Waals surface area contributed by atoms with Gasteiger partial charge in [-0.3, -0.25) is 14.9 Å². The third-order valence-corrected chi connectivity index (χ3v) is 3.49. The molecular weight excluding hydrogens is 218 g/mol. The lowest BCUT2D eigenvalue weighted by molar-refractivity contribution is -0.126. The zero-order valence-electron chi connectivity index (χ0n) is 10.3. The Balaban J connectivity index is 2.16. The van der Waals surface area contributed by atoms with Crippen LogP contribution < -0.4 is 16.2 Å². The van der Waals surface area contributed by atoms with Gasteiger partial charge in [0.2, 0.25) is 5.91 Å². The lowest BCUT2D eigenvalue weighted by Crippen LogP contribution is -2.50. The summed E-state index contributed by atoms with van der Waals surface area (Å²) in [6, 6.07) is 0.150. The van der Waals surface area contributed by atoms with E-state index in [0.717, 1.165) is 25.1 Å². The SMILES string of the molecule is C[C@@H]1[C@H](C(=O)NN)CCCN1c1cnn(C)c1. The molecule has 2 rings (SSSR count). The molecule has 1 aromatic heterocycles. The molecule has 0 aromatic carbocycles. The van der Waals surface area contributed by atoms with E-state index in [0.29, 0.717) is 0 Å². The molecule has 1 aliphatic heterocycles. The van der Waals surface area contributed by atoms with Crippen LogP contribution in [0.15, 0.2) is 12.4 Å². The van der Waals surface area contributed by atoms with Crippen molar-refractivity contribution in [1.82, 2.24) is 15.2 Å². The fourth-order valence-corrected chi connectivity index (χ4v) is 2.52.